The van der Waals surface area contributed by atoms with Crippen LogP contribution in [0.2, 0.25) is 0 Å². The molecule has 1 aliphatic carbocycles. The Kier molecular flexibility index (Phi) is 5.59. The lowest BCUT2D eigenvalue weighted by atomic mass is 9.69. The molecule has 2 aliphatic rings. The average molecular weight is 482 g/mol. The van der Waals surface area contributed by atoms with E-state index in [1.54, 1.807) is 6.07 Å². The SMILES string of the molecule is CN(C)c1c(F)cccc1C1CCC2(CC1)c1[nH]c3ccccc3c1CCN2C(=O)c1ccccc1. The Bertz CT molecular complexity index is 1420. The van der Waals surface area contributed by atoms with E-state index in [1.807, 2.05) is 55.4 Å². The van der Waals surface area contributed by atoms with E-state index in [4.69, 9.17) is 0 Å². The van der Waals surface area contributed by atoms with Crippen molar-refractivity contribution >= 4 is 22.5 Å². The Morgan fingerprint density at radius 2 is 1.69 bits per heavy atom. The molecule has 5 heteroatoms. The van der Waals surface area contributed by atoms with Crippen LogP contribution >= 0.6 is 0 Å². The summed E-state index contributed by atoms with van der Waals surface area (Å²) >= 11 is 0. The molecule has 1 aliphatic heterocycles. The number of rotatable bonds is 3. The molecule has 0 unspecified atom stereocenters. The van der Waals surface area contributed by atoms with E-state index in [2.05, 4.69) is 40.2 Å². The number of hydrogen-bond acceptors (Lipinski definition) is 2. The van der Waals surface area contributed by atoms with Crippen molar-refractivity contribution in [3.8, 4) is 0 Å². The van der Waals surface area contributed by atoms with Crippen molar-refractivity contribution in [2.24, 2.45) is 0 Å². The lowest BCUT2D eigenvalue weighted by Crippen LogP contribution is -2.55. The number of halogens is 1. The maximum atomic E-state index is 14.8. The summed E-state index contributed by atoms with van der Waals surface area (Å²) < 4.78 is 14.8. The number of aromatic amines is 1. The van der Waals surface area contributed by atoms with E-state index in [-0.39, 0.29) is 23.2 Å². The zero-order chi connectivity index (χ0) is 24.9. The summed E-state index contributed by atoms with van der Waals surface area (Å²) in [5, 5.41) is 1.26. The number of nitrogens with one attached hydrogen (secondary N) is 1. The minimum Gasteiger partial charge on any atom is -0.375 e. The van der Waals surface area contributed by atoms with E-state index in [0.29, 0.717) is 12.2 Å². The molecule has 0 atom stereocenters. The third-order valence-corrected chi connectivity index (χ3v) is 8.36. The molecular weight excluding hydrogens is 449 g/mol. The molecule has 0 saturated heterocycles. The Hall–Kier alpha value is -3.60. The van der Waals surface area contributed by atoms with Crippen LogP contribution in [0.25, 0.3) is 10.9 Å². The van der Waals surface area contributed by atoms with Crippen molar-refractivity contribution in [1.82, 2.24) is 9.88 Å². The van der Waals surface area contributed by atoms with E-state index in [9.17, 15) is 9.18 Å². The highest BCUT2D eigenvalue weighted by molar-refractivity contribution is 5.95. The van der Waals surface area contributed by atoms with Crippen molar-refractivity contribution in [1.29, 1.82) is 0 Å². The van der Waals surface area contributed by atoms with Crippen LogP contribution in [0, 0.1) is 5.82 Å². The molecule has 1 amide bonds. The van der Waals surface area contributed by atoms with E-state index >= 15 is 0 Å². The molecule has 2 heterocycles. The second-order valence-corrected chi connectivity index (χ2v) is 10.5. The minimum absolute atomic E-state index is 0.0955. The Balaban J connectivity index is 1.42. The predicted molar refractivity (Wildman–Crippen MR) is 143 cm³/mol. The van der Waals surface area contributed by atoms with E-state index < -0.39 is 0 Å². The second kappa shape index (κ2) is 8.81. The Morgan fingerprint density at radius 3 is 2.44 bits per heavy atom. The van der Waals surface area contributed by atoms with Crippen molar-refractivity contribution in [3.63, 3.8) is 0 Å². The fourth-order valence-corrected chi connectivity index (χ4v) is 6.72. The van der Waals surface area contributed by atoms with Crippen molar-refractivity contribution in [2.75, 3.05) is 25.5 Å². The molecular formula is C31H32FN3O. The van der Waals surface area contributed by atoms with Crippen LogP contribution in [0.1, 0.15) is 58.8 Å². The van der Waals surface area contributed by atoms with Gasteiger partial charge in [-0.3, -0.25) is 4.79 Å². The van der Waals surface area contributed by atoms with Crippen LogP contribution in [0.15, 0.2) is 72.8 Å². The molecule has 1 fully saturated rings. The van der Waals surface area contributed by atoms with Gasteiger partial charge in [0.2, 0.25) is 0 Å². The molecule has 3 aromatic carbocycles. The highest BCUT2D eigenvalue weighted by atomic mass is 19.1. The zero-order valence-electron chi connectivity index (χ0n) is 20.9. The third-order valence-electron chi connectivity index (χ3n) is 8.36. The van der Waals surface area contributed by atoms with Crippen LogP contribution in [0.4, 0.5) is 10.1 Å². The van der Waals surface area contributed by atoms with Gasteiger partial charge in [0.25, 0.3) is 5.91 Å². The molecule has 4 nitrogen and oxygen atoms in total. The molecule has 1 N–H and O–H groups in total. The first-order valence-corrected chi connectivity index (χ1v) is 12.9. The summed E-state index contributed by atoms with van der Waals surface area (Å²) in [5.41, 5.74) is 5.79. The van der Waals surface area contributed by atoms with Crippen LogP contribution in [0.5, 0.6) is 0 Å². The van der Waals surface area contributed by atoms with Crippen molar-refractivity contribution in [3.05, 3.63) is 101 Å². The van der Waals surface area contributed by atoms with Gasteiger partial charge in [-0.1, -0.05) is 48.5 Å². The van der Waals surface area contributed by atoms with Gasteiger partial charge in [-0.25, -0.2) is 4.39 Å². The van der Waals surface area contributed by atoms with Gasteiger partial charge in [0.15, 0.2) is 0 Å². The first-order valence-electron chi connectivity index (χ1n) is 12.9. The van der Waals surface area contributed by atoms with Crippen LogP contribution in [-0.4, -0.2) is 36.4 Å². The number of carbonyl (C=O) groups excluding carboxylic acids is 1. The van der Waals surface area contributed by atoms with Crippen LogP contribution < -0.4 is 4.90 Å². The zero-order valence-corrected chi connectivity index (χ0v) is 20.9. The number of para-hydroxylation sites is 2. The van der Waals surface area contributed by atoms with E-state index in [1.165, 1.54) is 16.6 Å². The molecule has 0 bridgehead atoms. The minimum atomic E-state index is -0.387. The Labute approximate surface area is 211 Å². The van der Waals surface area contributed by atoms with Gasteiger partial charge in [-0.2, -0.15) is 0 Å². The second-order valence-electron chi connectivity index (χ2n) is 10.5. The average Bonchev–Trinajstić information content (AvgIpc) is 3.29. The Morgan fingerprint density at radius 1 is 0.972 bits per heavy atom. The number of nitrogens with zero attached hydrogens (tertiary/aromatic N) is 2. The fraction of sp³-hybridized carbons (Fsp3) is 0.323. The molecule has 0 radical (unpaired) electrons. The first-order chi connectivity index (χ1) is 17.5. The highest BCUT2D eigenvalue weighted by Crippen LogP contribution is 2.52. The lowest BCUT2D eigenvalue weighted by Gasteiger charge is -2.51. The maximum absolute atomic E-state index is 14.8. The number of carbonyl (C=O) groups is 1. The molecule has 1 aromatic heterocycles. The summed E-state index contributed by atoms with van der Waals surface area (Å²) in [6, 6.07) is 23.6. The largest absolute Gasteiger partial charge is 0.375 e. The van der Waals surface area contributed by atoms with E-state index in [0.717, 1.165) is 48.7 Å². The fourth-order valence-electron chi connectivity index (χ4n) is 6.72. The molecule has 1 saturated carbocycles. The first kappa shape index (κ1) is 22.8. The summed E-state index contributed by atoms with van der Waals surface area (Å²) in [6.45, 7) is 0.705. The van der Waals surface area contributed by atoms with Gasteiger partial charge in [0.05, 0.1) is 11.2 Å². The monoisotopic (exact) mass is 481 g/mol. The summed E-state index contributed by atoms with van der Waals surface area (Å²) in [6.07, 6.45) is 4.34. The van der Waals surface area contributed by atoms with Crippen LogP contribution in [-0.2, 0) is 12.0 Å². The normalized spacial score (nSPS) is 21.5. The number of fused-ring (bicyclic) bond motifs is 4. The van der Waals surface area contributed by atoms with Gasteiger partial charge < -0.3 is 14.8 Å². The third kappa shape index (κ3) is 3.52. The number of aromatic nitrogens is 1. The molecule has 36 heavy (non-hydrogen) atoms. The highest BCUT2D eigenvalue weighted by Gasteiger charge is 2.49. The molecule has 6 rings (SSSR count). The van der Waals surface area contributed by atoms with Gasteiger partial charge in [-0.05, 0) is 73.4 Å². The predicted octanol–water partition coefficient (Wildman–Crippen LogP) is 6.62. The number of amides is 1. The van der Waals surface area contributed by atoms with Gasteiger partial charge in [0, 0.05) is 42.8 Å². The smallest absolute Gasteiger partial charge is 0.254 e. The lowest BCUT2D eigenvalue weighted by molar-refractivity contribution is 0.0226. The number of H-pyrrole nitrogens is 1. The molecule has 1 spiro atoms. The van der Waals surface area contributed by atoms with Crippen molar-refractivity contribution in [2.45, 2.75) is 43.6 Å². The van der Waals surface area contributed by atoms with Crippen LogP contribution in [0.3, 0.4) is 0 Å². The quantitative estimate of drug-likeness (QED) is 0.357. The molecule has 184 valence electrons. The van der Waals surface area contributed by atoms with Crippen molar-refractivity contribution < 1.29 is 9.18 Å². The topological polar surface area (TPSA) is 39.3 Å². The van der Waals surface area contributed by atoms with Gasteiger partial charge in [0.1, 0.15) is 5.82 Å². The number of anilines is 1. The number of hydrogen-bond donors (Lipinski definition) is 1. The number of benzene rings is 3. The maximum Gasteiger partial charge on any atom is 0.254 e. The standard InChI is InChI=1S/C31H32FN3O/c1-34(2)28-23(12-8-13-26(28)32)21-15-18-31(19-16-21)29-25(24-11-6-7-14-27(24)33-29)17-20-35(31)30(36)22-9-4-3-5-10-22/h3-14,21,33H,15-20H2,1-2H3. The summed E-state index contributed by atoms with van der Waals surface area (Å²) in [5.74, 6) is 0.180. The van der Waals surface area contributed by atoms with Gasteiger partial charge in [-0.15, -0.1) is 0 Å². The summed E-state index contributed by atoms with van der Waals surface area (Å²) in [7, 11) is 3.81. The summed E-state index contributed by atoms with van der Waals surface area (Å²) in [4.78, 5) is 21.7. The van der Waals surface area contributed by atoms with Gasteiger partial charge >= 0.3 is 0 Å². The molecule has 4 aromatic rings.